The summed E-state index contributed by atoms with van der Waals surface area (Å²) in [6.45, 7) is 0. The third kappa shape index (κ3) is 6.43. The maximum Gasteiger partial charge on any atom is 0.418 e. The molecule has 2 aromatic rings. The molecule has 0 bridgehead atoms. The number of rotatable bonds is 6. The number of carbonyl (C=O) groups is 3. The fourth-order valence-electron chi connectivity index (χ4n) is 3.37. The van der Waals surface area contributed by atoms with Crippen LogP contribution in [0.3, 0.4) is 0 Å². The number of amides is 2. The van der Waals surface area contributed by atoms with Gasteiger partial charge in [0, 0.05) is 16.8 Å². The van der Waals surface area contributed by atoms with E-state index in [4.69, 9.17) is 0 Å². The number of alkyl halides is 3. The van der Waals surface area contributed by atoms with Crippen LogP contribution in [0.15, 0.2) is 57.5 Å². The molecule has 2 aromatic carbocycles. The van der Waals surface area contributed by atoms with Gasteiger partial charge in [-0.05, 0) is 35.9 Å². The van der Waals surface area contributed by atoms with Crippen LogP contribution < -0.4 is 10.6 Å². The Bertz CT molecular complexity index is 1240. The molecular weight excluding hydrogens is 551 g/mol. The molecule has 0 saturated carbocycles. The molecule has 0 aliphatic carbocycles. The van der Waals surface area contributed by atoms with Crippen LogP contribution in [0.4, 0.5) is 18.9 Å². The van der Waals surface area contributed by atoms with Crippen LogP contribution in [-0.4, -0.2) is 30.6 Å². The number of esters is 1. The summed E-state index contributed by atoms with van der Waals surface area (Å²) in [7, 11) is 1.25. The minimum absolute atomic E-state index is 0.0233. The second kappa shape index (κ2) is 11.0. The zero-order valence-corrected chi connectivity index (χ0v) is 20.4. The molecule has 2 N–H and O–H groups in total. The second-order valence-electron chi connectivity index (χ2n) is 7.30. The lowest BCUT2D eigenvalue weighted by Gasteiger charge is -2.25. The zero-order valence-electron chi connectivity index (χ0n) is 18.0. The number of methoxy groups -OCH3 is 1. The van der Waals surface area contributed by atoms with Crippen molar-refractivity contribution in [2.24, 2.45) is 0 Å². The van der Waals surface area contributed by atoms with Crippen molar-refractivity contribution < 1.29 is 32.3 Å². The van der Waals surface area contributed by atoms with Crippen LogP contribution >= 0.6 is 27.7 Å². The van der Waals surface area contributed by atoms with Crippen molar-refractivity contribution in [2.45, 2.75) is 18.5 Å². The van der Waals surface area contributed by atoms with E-state index in [0.717, 1.165) is 23.9 Å². The standard InChI is InChI=1S/C23H17BrF3N3O4S/c1-34-22(33)13-4-2-12(3-5-13)15-9-19(31)30-21(16(15)10-28)35-11-20(32)29-18-7-6-14(24)8-17(18)23(25,26)27/h2-8,15H,9,11H2,1H3,(H,29,32)(H,30,31)/t15-/m1/s1. The normalized spacial score (nSPS) is 15.8. The highest BCUT2D eigenvalue weighted by Gasteiger charge is 2.34. The molecule has 1 atom stereocenters. The van der Waals surface area contributed by atoms with Crippen LogP contribution in [0.5, 0.6) is 0 Å². The van der Waals surface area contributed by atoms with Crippen LogP contribution in [0, 0.1) is 11.3 Å². The third-order valence-electron chi connectivity index (χ3n) is 5.00. The molecule has 7 nitrogen and oxygen atoms in total. The van der Waals surface area contributed by atoms with E-state index in [1.54, 1.807) is 12.1 Å². The average molecular weight is 568 g/mol. The van der Waals surface area contributed by atoms with E-state index in [2.05, 4.69) is 31.3 Å². The predicted octanol–water partition coefficient (Wildman–Crippen LogP) is 4.97. The highest BCUT2D eigenvalue weighted by atomic mass is 79.9. The molecular formula is C23H17BrF3N3O4S. The summed E-state index contributed by atoms with van der Waals surface area (Å²) in [6.07, 6.45) is -4.70. The number of hydrogen-bond acceptors (Lipinski definition) is 6. The Morgan fingerprint density at radius 1 is 1.26 bits per heavy atom. The van der Waals surface area contributed by atoms with E-state index in [1.165, 1.54) is 25.3 Å². The Balaban J connectivity index is 1.78. The Labute approximate surface area is 210 Å². The predicted molar refractivity (Wildman–Crippen MR) is 126 cm³/mol. The quantitative estimate of drug-likeness (QED) is 0.477. The lowest BCUT2D eigenvalue weighted by atomic mass is 9.87. The second-order valence-corrected chi connectivity index (χ2v) is 9.20. The molecule has 12 heteroatoms. The molecule has 0 unspecified atom stereocenters. The maximum atomic E-state index is 13.3. The number of allylic oxidation sites excluding steroid dienone is 1. The van der Waals surface area contributed by atoms with Gasteiger partial charge in [-0.2, -0.15) is 18.4 Å². The number of thioether (sulfide) groups is 1. The summed E-state index contributed by atoms with van der Waals surface area (Å²) in [5.74, 6) is -2.63. The van der Waals surface area contributed by atoms with E-state index in [1.807, 2.05) is 6.07 Å². The summed E-state index contributed by atoms with van der Waals surface area (Å²) in [6, 6.07) is 11.6. The van der Waals surface area contributed by atoms with Crippen molar-refractivity contribution in [2.75, 3.05) is 18.2 Å². The summed E-state index contributed by atoms with van der Waals surface area (Å²) in [5, 5.41) is 14.7. The largest absolute Gasteiger partial charge is 0.465 e. The number of nitrogens with zero attached hydrogens (tertiary/aromatic N) is 1. The van der Waals surface area contributed by atoms with Gasteiger partial charge in [-0.25, -0.2) is 4.79 Å². The van der Waals surface area contributed by atoms with E-state index in [0.29, 0.717) is 11.1 Å². The van der Waals surface area contributed by atoms with E-state index < -0.39 is 35.2 Å². The Hall–Kier alpha value is -3.30. The molecule has 0 saturated heterocycles. The molecule has 35 heavy (non-hydrogen) atoms. The lowest BCUT2D eigenvalue weighted by molar-refractivity contribution is -0.137. The van der Waals surface area contributed by atoms with E-state index in [9.17, 15) is 32.8 Å². The van der Waals surface area contributed by atoms with Gasteiger partial charge >= 0.3 is 12.1 Å². The number of benzene rings is 2. The van der Waals surface area contributed by atoms with Crippen molar-refractivity contribution in [3.05, 3.63) is 74.2 Å². The first-order valence-electron chi connectivity index (χ1n) is 9.95. The first kappa shape index (κ1) is 26.3. The van der Waals surface area contributed by atoms with E-state index in [-0.39, 0.29) is 33.2 Å². The number of ether oxygens (including phenoxy) is 1. The number of hydrogen-bond donors (Lipinski definition) is 2. The summed E-state index contributed by atoms with van der Waals surface area (Å²) in [4.78, 5) is 36.3. The van der Waals surface area contributed by atoms with Crippen LogP contribution in [0.2, 0.25) is 0 Å². The highest BCUT2D eigenvalue weighted by Crippen LogP contribution is 2.38. The Morgan fingerprint density at radius 3 is 2.54 bits per heavy atom. The SMILES string of the molecule is COC(=O)c1ccc([C@H]2CC(=O)NC(SCC(=O)Nc3ccc(Br)cc3C(F)(F)F)=C2C#N)cc1. The molecule has 0 spiro atoms. The van der Waals surface area contributed by atoms with Gasteiger partial charge in [0.05, 0.1) is 46.3 Å². The monoisotopic (exact) mass is 567 g/mol. The Kier molecular flexibility index (Phi) is 8.24. The van der Waals surface area contributed by atoms with Crippen LogP contribution in [0.1, 0.15) is 33.8 Å². The van der Waals surface area contributed by atoms with Crippen molar-refractivity contribution in [3.8, 4) is 6.07 Å². The molecule has 1 aliphatic rings. The summed E-state index contributed by atoms with van der Waals surface area (Å²) >= 11 is 3.82. The van der Waals surface area contributed by atoms with Crippen molar-refractivity contribution >= 4 is 51.2 Å². The van der Waals surface area contributed by atoms with Crippen molar-refractivity contribution in [1.29, 1.82) is 5.26 Å². The highest BCUT2D eigenvalue weighted by molar-refractivity contribution is 9.10. The molecule has 2 amide bonds. The minimum Gasteiger partial charge on any atom is -0.465 e. The Morgan fingerprint density at radius 2 is 1.94 bits per heavy atom. The number of nitrogens with one attached hydrogen (secondary N) is 2. The molecule has 1 aliphatic heterocycles. The maximum absolute atomic E-state index is 13.3. The van der Waals surface area contributed by atoms with Gasteiger partial charge in [-0.1, -0.05) is 39.8 Å². The molecule has 0 radical (unpaired) electrons. The molecule has 1 heterocycles. The van der Waals surface area contributed by atoms with Gasteiger partial charge in [0.1, 0.15) is 0 Å². The van der Waals surface area contributed by atoms with Crippen LogP contribution in [-0.2, 0) is 20.5 Å². The van der Waals surface area contributed by atoms with Gasteiger partial charge in [-0.15, -0.1) is 0 Å². The first-order chi connectivity index (χ1) is 16.5. The topological polar surface area (TPSA) is 108 Å². The summed E-state index contributed by atoms with van der Waals surface area (Å²) in [5.41, 5.74) is -0.304. The number of anilines is 1. The molecule has 0 fully saturated rings. The fourth-order valence-corrected chi connectivity index (χ4v) is 4.61. The van der Waals surface area contributed by atoms with Gasteiger partial charge < -0.3 is 15.4 Å². The molecule has 182 valence electrons. The third-order valence-corrected chi connectivity index (χ3v) is 6.51. The van der Waals surface area contributed by atoms with Gasteiger partial charge in [0.25, 0.3) is 0 Å². The minimum atomic E-state index is -4.68. The zero-order chi connectivity index (χ0) is 25.8. The van der Waals surface area contributed by atoms with Gasteiger partial charge in [-0.3, -0.25) is 9.59 Å². The fraction of sp³-hybridized carbons (Fsp3) is 0.217. The number of halogens is 4. The van der Waals surface area contributed by atoms with Crippen molar-refractivity contribution in [1.82, 2.24) is 5.32 Å². The van der Waals surface area contributed by atoms with E-state index >= 15 is 0 Å². The van der Waals surface area contributed by atoms with Crippen LogP contribution in [0.25, 0.3) is 0 Å². The first-order valence-corrected chi connectivity index (χ1v) is 11.7. The van der Waals surface area contributed by atoms with Gasteiger partial charge in [0.15, 0.2) is 0 Å². The number of carbonyl (C=O) groups excluding carboxylic acids is 3. The lowest BCUT2D eigenvalue weighted by Crippen LogP contribution is -2.31. The van der Waals surface area contributed by atoms with Gasteiger partial charge in [0.2, 0.25) is 11.8 Å². The summed E-state index contributed by atoms with van der Waals surface area (Å²) < 4.78 is 44.7. The van der Waals surface area contributed by atoms with Crippen molar-refractivity contribution in [3.63, 3.8) is 0 Å². The average Bonchev–Trinajstić information content (AvgIpc) is 2.82. The molecule has 3 rings (SSSR count). The molecule has 0 aromatic heterocycles. The number of nitriles is 1. The smallest absolute Gasteiger partial charge is 0.418 e.